The maximum Gasteiger partial charge on any atom is 0.241 e. The molecule has 3 atom stereocenters. The van der Waals surface area contributed by atoms with Gasteiger partial charge in [0.25, 0.3) is 0 Å². The lowest BCUT2D eigenvalue weighted by molar-refractivity contribution is -0.126. The third-order valence-corrected chi connectivity index (χ3v) is 7.81. The van der Waals surface area contributed by atoms with Gasteiger partial charge in [-0.3, -0.25) is 19.2 Å². The Bertz CT molecular complexity index is 1460. The molecule has 3 aliphatic rings. The van der Waals surface area contributed by atoms with Crippen molar-refractivity contribution >= 4 is 58.3 Å². The number of benzene rings is 3. The van der Waals surface area contributed by atoms with Gasteiger partial charge < -0.3 is 4.74 Å². The summed E-state index contributed by atoms with van der Waals surface area (Å²) in [6.45, 7) is 0. The number of nitrogens with zero attached hydrogens (tertiary/aromatic N) is 1. The molecule has 0 aromatic heterocycles. The molecule has 2 heterocycles. The number of hydrogen-bond acceptors (Lipinski definition) is 5. The van der Waals surface area contributed by atoms with Crippen LogP contribution in [-0.4, -0.2) is 35.1 Å². The average Bonchev–Trinajstić information content (AvgIpc) is 3.45. The summed E-state index contributed by atoms with van der Waals surface area (Å²) in [7, 11) is 0. The molecule has 36 heavy (non-hydrogen) atoms. The predicted molar refractivity (Wildman–Crippen MR) is 134 cm³/mol. The van der Waals surface area contributed by atoms with Crippen LogP contribution in [0.4, 0.5) is 5.69 Å². The van der Waals surface area contributed by atoms with Gasteiger partial charge in [-0.1, -0.05) is 96.0 Å². The fraction of sp³-hybridized carbons (Fsp3) is 0.143. The first-order chi connectivity index (χ1) is 17.4. The summed E-state index contributed by atoms with van der Waals surface area (Å²) in [5, 5.41) is 0.193. The van der Waals surface area contributed by atoms with Crippen molar-refractivity contribution in [1.29, 1.82) is 0 Å². The fourth-order valence-corrected chi connectivity index (χ4v) is 5.79. The highest BCUT2D eigenvalue weighted by Gasteiger charge is 2.74. The zero-order valence-corrected chi connectivity index (χ0v) is 20.1. The summed E-state index contributed by atoms with van der Waals surface area (Å²) in [5.41, 5.74) is -0.851. The van der Waals surface area contributed by atoms with Crippen LogP contribution in [0.5, 0.6) is 0 Å². The van der Waals surface area contributed by atoms with E-state index < -0.39 is 46.9 Å². The Morgan fingerprint density at radius 3 is 2.08 bits per heavy atom. The number of amides is 2. The Hall–Kier alpha value is -3.58. The van der Waals surface area contributed by atoms with Gasteiger partial charge in [0, 0.05) is 11.1 Å². The first kappa shape index (κ1) is 22.9. The van der Waals surface area contributed by atoms with Gasteiger partial charge in [-0.25, -0.2) is 4.90 Å². The van der Waals surface area contributed by atoms with Gasteiger partial charge in [0.15, 0.2) is 0 Å². The normalized spacial score (nSPS) is 24.3. The standard InChI is InChI=1S/C28H17Cl2NO5/c29-18-11-6-12-19(23(18)30)31-26(34)21-20(14-13-15-7-2-1-3-8-15)36-28(22(21)27(31)35)24(32)16-9-4-5-10-17(16)25(28)33/h1-14,20-22H. The van der Waals surface area contributed by atoms with E-state index in [0.29, 0.717) is 0 Å². The Morgan fingerprint density at radius 2 is 1.42 bits per heavy atom. The number of imide groups is 1. The Labute approximate surface area is 216 Å². The topological polar surface area (TPSA) is 80.8 Å². The second-order valence-corrected chi connectivity index (χ2v) is 9.67. The molecule has 6 nitrogen and oxygen atoms in total. The molecule has 3 aromatic rings. The molecule has 3 unspecified atom stereocenters. The largest absolute Gasteiger partial charge is 0.350 e. The van der Waals surface area contributed by atoms with Gasteiger partial charge in [0.05, 0.1) is 33.7 Å². The van der Waals surface area contributed by atoms with E-state index in [0.717, 1.165) is 10.5 Å². The number of fused-ring (bicyclic) bond motifs is 3. The van der Waals surface area contributed by atoms with E-state index in [2.05, 4.69) is 0 Å². The predicted octanol–water partition coefficient (Wildman–Crippen LogP) is 5.03. The zero-order valence-electron chi connectivity index (χ0n) is 18.6. The van der Waals surface area contributed by atoms with E-state index in [9.17, 15) is 19.2 Å². The monoisotopic (exact) mass is 517 g/mol. The Balaban J connectivity index is 1.50. The molecule has 6 rings (SSSR count). The van der Waals surface area contributed by atoms with E-state index in [4.69, 9.17) is 27.9 Å². The van der Waals surface area contributed by atoms with Crippen molar-refractivity contribution in [2.75, 3.05) is 4.90 Å². The SMILES string of the molecule is O=C1C2C(C=Cc3ccccc3)OC3(C(=O)c4ccccc4C3=O)C2C(=O)N1c1cccc(Cl)c1Cl. The second-order valence-electron chi connectivity index (χ2n) is 8.88. The highest BCUT2D eigenvalue weighted by atomic mass is 35.5. The average molecular weight is 518 g/mol. The van der Waals surface area contributed by atoms with Gasteiger partial charge in [-0.2, -0.15) is 0 Å². The van der Waals surface area contributed by atoms with Gasteiger partial charge >= 0.3 is 0 Å². The van der Waals surface area contributed by atoms with Gasteiger partial charge in [-0.15, -0.1) is 0 Å². The van der Waals surface area contributed by atoms with Crippen LogP contribution in [0.3, 0.4) is 0 Å². The van der Waals surface area contributed by atoms with Gasteiger partial charge in [-0.05, 0) is 17.7 Å². The van der Waals surface area contributed by atoms with E-state index >= 15 is 0 Å². The summed E-state index contributed by atoms with van der Waals surface area (Å²) in [4.78, 5) is 56.0. The lowest BCUT2D eigenvalue weighted by Crippen LogP contribution is -2.51. The van der Waals surface area contributed by atoms with Crippen molar-refractivity contribution in [1.82, 2.24) is 0 Å². The van der Waals surface area contributed by atoms with Crippen molar-refractivity contribution in [3.05, 3.63) is 106 Å². The lowest BCUT2D eigenvalue weighted by Gasteiger charge is -2.27. The number of ether oxygens (including phenoxy) is 1. The molecular weight excluding hydrogens is 501 g/mol. The van der Waals surface area contributed by atoms with Crippen molar-refractivity contribution < 1.29 is 23.9 Å². The van der Waals surface area contributed by atoms with Crippen molar-refractivity contribution in [2.45, 2.75) is 11.7 Å². The summed E-state index contributed by atoms with van der Waals surface area (Å²) in [5.74, 6) is -5.01. The minimum atomic E-state index is -2.13. The van der Waals surface area contributed by atoms with Crippen LogP contribution in [0.2, 0.25) is 10.0 Å². The second kappa shape index (κ2) is 8.23. The number of ketones is 2. The number of hydrogen-bond donors (Lipinski definition) is 0. The summed E-state index contributed by atoms with van der Waals surface area (Å²) in [6, 6.07) is 20.2. The number of carbonyl (C=O) groups excluding carboxylic acids is 4. The van der Waals surface area contributed by atoms with E-state index in [1.165, 1.54) is 24.3 Å². The Morgan fingerprint density at radius 1 is 0.778 bits per heavy atom. The molecule has 2 aliphatic heterocycles. The van der Waals surface area contributed by atoms with Crippen LogP contribution >= 0.6 is 23.2 Å². The van der Waals surface area contributed by atoms with E-state index in [-0.39, 0.29) is 26.9 Å². The quantitative estimate of drug-likeness (QED) is 0.359. The number of carbonyl (C=O) groups is 4. The fourth-order valence-electron chi connectivity index (χ4n) is 5.41. The number of Topliss-reactive ketones (excluding diaryl/α,β-unsaturated/α-hetero) is 2. The molecular formula is C28H17Cl2NO5. The Kier molecular flexibility index (Phi) is 5.23. The molecule has 0 saturated carbocycles. The molecule has 178 valence electrons. The highest BCUT2D eigenvalue weighted by Crippen LogP contribution is 2.54. The number of halogens is 2. The molecule has 1 spiro atoms. The zero-order chi connectivity index (χ0) is 25.2. The van der Waals surface area contributed by atoms with Crippen LogP contribution in [0, 0.1) is 11.8 Å². The third-order valence-electron chi connectivity index (χ3n) is 7.01. The molecule has 0 radical (unpaired) electrons. The lowest BCUT2D eigenvalue weighted by atomic mass is 9.78. The highest BCUT2D eigenvalue weighted by molar-refractivity contribution is 6.45. The molecule has 8 heteroatoms. The van der Waals surface area contributed by atoms with Gasteiger partial charge in [0.2, 0.25) is 29.0 Å². The van der Waals surface area contributed by atoms with Crippen LogP contribution < -0.4 is 4.90 Å². The van der Waals surface area contributed by atoms with Crippen LogP contribution in [0.1, 0.15) is 26.3 Å². The molecule has 2 amide bonds. The first-order valence-corrected chi connectivity index (χ1v) is 12.0. The van der Waals surface area contributed by atoms with Crippen molar-refractivity contribution in [3.63, 3.8) is 0 Å². The van der Waals surface area contributed by atoms with Crippen LogP contribution in [0.15, 0.2) is 78.9 Å². The molecule has 2 saturated heterocycles. The summed E-state index contributed by atoms with van der Waals surface area (Å²) >= 11 is 12.5. The van der Waals surface area contributed by atoms with E-state index in [1.807, 2.05) is 30.3 Å². The summed E-state index contributed by atoms with van der Waals surface area (Å²) < 4.78 is 6.17. The molecule has 3 aromatic carbocycles. The van der Waals surface area contributed by atoms with Crippen LogP contribution in [-0.2, 0) is 14.3 Å². The minimum absolute atomic E-state index is 0.0274. The maximum absolute atomic E-state index is 13.9. The van der Waals surface area contributed by atoms with Crippen molar-refractivity contribution in [3.8, 4) is 0 Å². The summed E-state index contributed by atoms with van der Waals surface area (Å²) in [6.07, 6.45) is 2.36. The molecule has 0 bridgehead atoms. The van der Waals surface area contributed by atoms with E-state index in [1.54, 1.807) is 30.4 Å². The first-order valence-electron chi connectivity index (χ1n) is 11.3. The van der Waals surface area contributed by atoms with Crippen molar-refractivity contribution in [2.24, 2.45) is 11.8 Å². The maximum atomic E-state index is 13.9. The third kappa shape index (κ3) is 3.02. The molecule has 2 fully saturated rings. The number of rotatable bonds is 3. The minimum Gasteiger partial charge on any atom is -0.350 e. The molecule has 0 N–H and O–H groups in total. The molecule has 1 aliphatic carbocycles. The smallest absolute Gasteiger partial charge is 0.241 e. The van der Waals surface area contributed by atoms with Gasteiger partial charge in [0.1, 0.15) is 0 Å². The van der Waals surface area contributed by atoms with Crippen LogP contribution in [0.25, 0.3) is 6.08 Å². The number of anilines is 1.